The van der Waals surface area contributed by atoms with Crippen molar-refractivity contribution in [1.82, 2.24) is 19.9 Å². The van der Waals surface area contributed by atoms with Crippen LogP contribution >= 0.6 is 23.2 Å². The molecule has 0 spiro atoms. The molecule has 1 aromatic heterocycles. The number of fused-ring (bicyclic) bond motifs is 1. The molecule has 2 aromatic rings. The molecule has 1 unspecified atom stereocenters. The average Bonchev–Trinajstić information content (AvgIpc) is 2.99. The lowest BCUT2D eigenvalue weighted by molar-refractivity contribution is -0.144. The number of anilines is 1. The van der Waals surface area contributed by atoms with E-state index in [1.807, 2.05) is 32.9 Å². The molecular formula is C34H45Cl2N5O8S. The molecule has 1 fully saturated rings. The number of esters is 1. The molecule has 4 rings (SSSR count). The summed E-state index contributed by atoms with van der Waals surface area (Å²) in [6.45, 7) is 7.72. The second-order valence-electron chi connectivity index (χ2n) is 13.4. The van der Waals surface area contributed by atoms with Crippen LogP contribution in [0.15, 0.2) is 35.2 Å². The molecule has 3 amide bonds. The Morgan fingerprint density at radius 1 is 1.06 bits per heavy atom. The van der Waals surface area contributed by atoms with Crippen LogP contribution in [-0.4, -0.2) is 86.0 Å². The molecule has 2 aliphatic heterocycles. The number of carbonyl (C=O) groups is 4. The van der Waals surface area contributed by atoms with Crippen LogP contribution in [-0.2, 0) is 46.7 Å². The molecule has 1 atom stereocenters. The van der Waals surface area contributed by atoms with Gasteiger partial charge in [0.15, 0.2) is 0 Å². The Morgan fingerprint density at radius 3 is 2.42 bits per heavy atom. The molecule has 2 N–H and O–H groups in total. The quantitative estimate of drug-likeness (QED) is 0.206. The van der Waals surface area contributed by atoms with Crippen molar-refractivity contribution in [2.75, 3.05) is 37.7 Å². The topological polar surface area (TPSA) is 164 Å². The summed E-state index contributed by atoms with van der Waals surface area (Å²) in [5.41, 5.74) is 1.20. The van der Waals surface area contributed by atoms with Gasteiger partial charge in [-0.2, -0.15) is 4.31 Å². The number of hydrogen-bond donors (Lipinski definition) is 2. The van der Waals surface area contributed by atoms with E-state index in [2.05, 4.69) is 10.6 Å². The first kappa shape index (κ1) is 39.3. The maximum absolute atomic E-state index is 13.0. The van der Waals surface area contributed by atoms with Gasteiger partial charge in [0.1, 0.15) is 11.4 Å². The van der Waals surface area contributed by atoms with Crippen molar-refractivity contribution in [3.8, 4) is 0 Å². The number of pyridine rings is 1. The summed E-state index contributed by atoms with van der Waals surface area (Å²) in [7, 11) is -3.91. The van der Waals surface area contributed by atoms with Crippen LogP contribution in [0.3, 0.4) is 0 Å². The summed E-state index contributed by atoms with van der Waals surface area (Å²) in [5.74, 6) is -1.24. The molecule has 1 saturated heterocycles. The van der Waals surface area contributed by atoms with Crippen molar-refractivity contribution in [3.63, 3.8) is 0 Å². The number of ether oxygens (including phenoxy) is 2. The number of amides is 3. The zero-order chi connectivity index (χ0) is 36.6. The van der Waals surface area contributed by atoms with Crippen molar-refractivity contribution in [1.29, 1.82) is 0 Å². The van der Waals surface area contributed by atoms with Crippen molar-refractivity contribution in [3.05, 3.63) is 51.6 Å². The number of halogens is 2. The maximum Gasteiger partial charge on any atom is 0.416 e. The molecule has 16 heteroatoms. The number of nitrogens with zero attached hydrogens (tertiary/aromatic N) is 3. The minimum atomic E-state index is -3.91. The lowest BCUT2D eigenvalue weighted by atomic mass is 10.0. The SMILES string of the molecule is CCOC(=O)CC(CNC(=O)CCCCc1ccc2c(n1)N(C(=O)OC(C)(C)C)CCC2)NC(=O)C1CN(S(=O)(=O)c2cc(Cl)cc(Cl)c2)C1. The number of unbranched alkanes of at least 4 members (excludes halogenated alkanes) is 1. The highest BCUT2D eigenvalue weighted by Crippen LogP contribution is 2.30. The highest BCUT2D eigenvalue weighted by molar-refractivity contribution is 7.89. The Hall–Kier alpha value is -3.46. The van der Waals surface area contributed by atoms with Crippen LogP contribution in [0.4, 0.5) is 10.6 Å². The fourth-order valence-electron chi connectivity index (χ4n) is 5.57. The number of benzene rings is 1. The van der Waals surface area contributed by atoms with Gasteiger partial charge in [-0.1, -0.05) is 29.3 Å². The zero-order valence-electron chi connectivity index (χ0n) is 28.8. The third-order valence-corrected chi connectivity index (χ3v) is 10.3. The molecular weight excluding hydrogens is 709 g/mol. The number of hydrogen-bond acceptors (Lipinski definition) is 9. The van der Waals surface area contributed by atoms with E-state index >= 15 is 0 Å². The number of carbonyl (C=O) groups excluding carboxylic acids is 4. The minimum Gasteiger partial charge on any atom is -0.466 e. The smallest absolute Gasteiger partial charge is 0.416 e. The van der Waals surface area contributed by atoms with Crippen molar-refractivity contribution >= 4 is 62.9 Å². The van der Waals surface area contributed by atoms with Crippen molar-refractivity contribution in [2.24, 2.45) is 5.92 Å². The van der Waals surface area contributed by atoms with Gasteiger partial charge in [-0.3, -0.25) is 19.3 Å². The van der Waals surface area contributed by atoms with Gasteiger partial charge in [0.25, 0.3) is 0 Å². The van der Waals surface area contributed by atoms with Gasteiger partial charge in [0.05, 0.1) is 29.9 Å². The molecule has 0 saturated carbocycles. The number of aromatic nitrogens is 1. The molecule has 0 radical (unpaired) electrons. The van der Waals surface area contributed by atoms with E-state index in [1.165, 1.54) is 18.2 Å². The third-order valence-electron chi connectivity index (χ3n) is 8.10. The number of aryl methyl sites for hydroxylation is 2. The van der Waals surface area contributed by atoms with Gasteiger partial charge in [-0.25, -0.2) is 18.2 Å². The average molecular weight is 755 g/mol. The normalized spacial score (nSPS) is 15.8. The van der Waals surface area contributed by atoms with E-state index < -0.39 is 45.6 Å². The number of nitrogens with one attached hydrogen (secondary N) is 2. The predicted molar refractivity (Wildman–Crippen MR) is 189 cm³/mol. The van der Waals surface area contributed by atoms with E-state index in [-0.39, 0.29) is 59.9 Å². The van der Waals surface area contributed by atoms with Crippen LogP contribution in [0.5, 0.6) is 0 Å². The molecule has 50 heavy (non-hydrogen) atoms. The lowest BCUT2D eigenvalue weighted by Crippen LogP contribution is -2.57. The molecule has 2 aliphatic rings. The first-order valence-corrected chi connectivity index (χ1v) is 18.9. The summed E-state index contributed by atoms with van der Waals surface area (Å²) in [5, 5.41) is 5.90. The van der Waals surface area contributed by atoms with Crippen LogP contribution in [0.25, 0.3) is 0 Å². The Bertz CT molecular complexity index is 1660. The largest absolute Gasteiger partial charge is 0.466 e. The second kappa shape index (κ2) is 17.2. The standard InChI is InChI=1S/C34H45Cl2N5O8S/c1-5-48-30(43)18-27(39-32(44)23-20-40(21-23)50(46,47)28-16-24(35)15-25(36)17-28)19-37-29(42)11-7-6-10-26-13-12-22-9-8-14-41(31(22)38-26)33(45)49-34(2,3)4/h12-13,15-17,23,27H,5-11,14,18-21H2,1-4H3,(H,37,42)(H,39,44). The lowest BCUT2D eigenvalue weighted by Gasteiger charge is -2.37. The summed E-state index contributed by atoms with van der Waals surface area (Å²) in [6.07, 6.45) is 3.16. The highest BCUT2D eigenvalue weighted by Gasteiger charge is 2.41. The van der Waals surface area contributed by atoms with E-state index in [9.17, 15) is 27.6 Å². The minimum absolute atomic E-state index is 0.00792. The van der Waals surface area contributed by atoms with Gasteiger partial charge in [-0.05, 0) is 89.6 Å². The Balaban J connectivity index is 1.24. The van der Waals surface area contributed by atoms with Crippen LogP contribution in [0.2, 0.25) is 10.0 Å². The van der Waals surface area contributed by atoms with Gasteiger partial charge < -0.3 is 20.1 Å². The fourth-order valence-corrected chi connectivity index (χ4v) is 7.83. The number of sulfonamides is 1. The molecule has 1 aromatic carbocycles. The summed E-state index contributed by atoms with van der Waals surface area (Å²) < 4.78 is 37.7. The second-order valence-corrected chi connectivity index (χ2v) is 16.2. The Morgan fingerprint density at radius 2 is 1.76 bits per heavy atom. The van der Waals surface area contributed by atoms with Crippen LogP contribution in [0.1, 0.15) is 71.1 Å². The van der Waals surface area contributed by atoms with E-state index in [0.717, 1.165) is 28.4 Å². The maximum atomic E-state index is 13.0. The van der Waals surface area contributed by atoms with Gasteiger partial charge in [-0.15, -0.1) is 0 Å². The monoisotopic (exact) mass is 753 g/mol. The molecule has 0 aliphatic carbocycles. The Labute approximate surface area is 303 Å². The van der Waals surface area contributed by atoms with Crippen molar-refractivity contribution < 1.29 is 37.1 Å². The number of rotatable bonds is 14. The first-order valence-electron chi connectivity index (χ1n) is 16.7. The zero-order valence-corrected chi connectivity index (χ0v) is 31.1. The Kier molecular flexibility index (Phi) is 13.5. The summed E-state index contributed by atoms with van der Waals surface area (Å²) >= 11 is 11.9. The molecule has 3 heterocycles. The van der Waals surface area contributed by atoms with Gasteiger partial charge in [0, 0.05) is 48.3 Å². The van der Waals surface area contributed by atoms with Crippen LogP contribution in [0, 0.1) is 5.92 Å². The van der Waals surface area contributed by atoms with Gasteiger partial charge >= 0.3 is 12.1 Å². The van der Waals surface area contributed by atoms with E-state index in [1.54, 1.807) is 11.8 Å². The van der Waals surface area contributed by atoms with Crippen LogP contribution < -0.4 is 15.5 Å². The summed E-state index contributed by atoms with van der Waals surface area (Å²) in [4.78, 5) is 57.0. The van der Waals surface area contributed by atoms with Gasteiger partial charge in [0.2, 0.25) is 21.8 Å². The molecule has 13 nitrogen and oxygen atoms in total. The summed E-state index contributed by atoms with van der Waals surface area (Å²) in [6, 6.07) is 7.20. The molecule has 274 valence electrons. The van der Waals surface area contributed by atoms with E-state index in [4.69, 9.17) is 37.7 Å². The third kappa shape index (κ3) is 11.0. The predicted octanol–water partition coefficient (Wildman–Crippen LogP) is 4.66. The highest BCUT2D eigenvalue weighted by atomic mass is 35.5. The molecule has 0 bridgehead atoms. The first-order chi connectivity index (χ1) is 23.5. The van der Waals surface area contributed by atoms with Crippen molar-refractivity contribution in [2.45, 2.75) is 89.2 Å². The van der Waals surface area contributed by atoms with E-state index in [0.29, 0.717) is 31.6 Å². The fraction of sp³-hybridized carbons (Fsp3) is 0.559.